The first kappa shape index (κ1) is 24.2. The van der Waals surface area contributed by atoms with Crippen LogP contribution in [0.1, 0.15) is 58.9 Å². The van der Waals surface area contributed by atoms with Gasteiger partial charge in [-0.1, -0.05) is 26.0 Å². The Balaban J connectivity index is 2.05. The van der Waals surface area contributed by atoms with Crippen LogP contribution in [0.4, 0.5) is 5.69 Å². The minimum atomic E-state index is -0.420. The van der Waals surface area contributed by atoms with Gasteiger partial charge in [-0.3, -0.25) is 9.79 Å². The molecule has 1 heterocycles. The third kappa shape index (κ3) is 4.96. The highest BCUT2D eigenvalue weighted by atomic mass is 16.6. The third-order valence-corrected chi connectivity index (χ3v) is 6.49. The summed E-state index contributed by atoms with van der Waals surface area (Å²) in [6.45, 7) is 12.6. The molecule has 2 atom stereocenters. The summed E-state index contributed by atoms with van der Waals surface area (Å²) in [5, 5.41) is 0. The van der Waals surface area contributed by atoms with E-state index >= 15 is 0 Å². The molecule has 0 spiro atoms. The van der Waals surface area contributed by atoms with E-state index in [-0.39, 0.29) is 23.7 Å². The molecule has 0 radical (unpaired) electrons. The highest BCUT2D eigenvalue weighted by Gasteiger charge is 2.47. The van der Waals surface area contributed by atoms with E-state index in [0.29, 0.717) is 24.3 Å². The van der Waals surface area contributed by atoms with Gasteiger partial charge in [-0.2, -0.15) is 0 Å². The zero-order valence-electron chi connectivity index (χ0n) is 20.2. The van der Waals surface area contributed by atoms with Crippen molar-refractivity contribution in [2.45, 2.75) is 53.4 Å². The number of ketones is 1. The lowest BCUT2D eigenvalue weighted by molar-refractivity contribution is -0.140. The van der Waals surface area contributed by atoms with Crippen LogP contribution in [0.2, 0.25) is 0 Å². The minimum absolute atomic E-state index is 0.125. The van der Waals surface area contributed by atoms with Gasteiger partial charge in [-0.15, -0.1) is 0 Å². The van der Waals surface area contributed by atoms with Crippen molar-refractivity contribution in [3.63, 3.8) is 0 Å². The molecule has 174 valence electrons. The van der Waals surface area contributed by atoms with Crippen LogP contribution in [0.25, 0.3) is 0 Å². The molecule has 2 unspecified atom stereocenters. The van der Waals surface area contributed by atoms with E-state index in [0.717, 1.165) is 36.5 Å². The number of esters is 1. The topological polar surface area (TPSA) is 68.2 Å². The second kappa shape index (κ2) is 9.99. The highest BCUT2D eigenvalue weighted by Crippen LogP contribution is 2.47. The first-order valence-electron chi connectivity index (χ1n) is 11.5. The first-order chi connectivity index (χ1) is 15.2. The molecule has 0 aromatic heterocycles. The summed E-state index contributed by atoms with van der Waals surface area (Å²) >= 11 is 0. The van der Waals surface area contributed by atoms with Crippen molar-refractivity contribution >= 4 is 23.2 Å². The van der Waals surface area contributed by atoms with E-state index in [9.17, 15) is 9.59 Å². The Labute approximate surface area is 191 Å². The van der Waals surface area contributed by atoms with Crippen LogP contribution in [0, 0.1) is 11.3 Å². The van der Waals surface area contributed by atoms with Gasteiger partial charge >= 0.3 is 5.97 Å². The largest absolute Gasteiger partial charge is 0.460 e. The van der Waals surface area contributed by atoms with Gasteiger partial charge in [0.1, 0.15) is 12.4 Å². The predicted octanol–water partition coefficient (Wildman–Crippen LogP) is 4.54. The second-order valence-electron chi connectivity index (χ2n) is 9.43. The molecular weight excluding hydrogens is 404 g/mol. The van der Waals surface area contributed by atoms with E-state index in [2.05, 4.69) is 44.7 Å². The Kier molecular flexibility index (Phi) is 7.55. The summed E-state index contributed by atoms with van der Waals surface area (Å²) in [7, 11) is 1.57. The molecule has 0 saturated heterocycles. The Hall–Kier alpha value is -2.47. The molecule has 0 N–H and O–H groups in total. The van der Waals surface area contributed by atoms with Gasteiger partial charge < -0.3 is 14.4 Å². The number of allylic oxidation sites excluding steroid dienone is 1. The molecule has 0 bridgehead atoms. The van der Waals surface area contributed by atoms with Gasteiger partial charge in [-0.05, 0) is 50.3 Å². The smallest absolute Gasteiger partial charge is 0.336 e. The van der Waals surface area contributed by atoms with Crippen LogP contribution in [0.3, 0.4) is 0 Å². The summed E-state index contributed by atoms with van der Waals surface area (Å²) in [5.74, 6) is -1.08. The molecule has 1 aromatic carbocycles. The molecule has 1 aliphatic carbocycles. The lowest BCUT2D eigenvalue weighted by Gasteiger charge is -2.41. The van der Waals surface area contributed by atoms with Crippen molar-refractivity contribution < 1.29 is 19.1 Å². The maximum Gasteiger partial charge on any atom is 0.336 e. The van der Waals surface area contributed by atoms with Gasteiger partial charge in [0.05, 0.1) is 18.1 Å². The van der Waals surface area contributed by atoms with Crippen molar-refractivity contribution in [3.8, 4) is 0 Å². The van der Waals surface area contributed by atoms with E-state index in [1.165, 1.54) is 0 Å². The summed E-state index contributed by atoms with van der Waals surface area (Å²) in [5.41, 5.74) is 3.96. The van der Waals surface area contributed by atoms with Crippen LogP contribution in [0.5, 0.6) is 0 Å². The average molecular weight is 441 g/mol. The van der Waals surface area contributed by atoms with Gasteiger partial charge in [0.15, 0.2) is 0 Å². The molecule has 6 heteroatoms. The fraction of sp³-hybridized carbons (Fsp3) is 0.577. The zero-order valence-corrected chi connectivity index (χ0v) is 20.2. The second-order valence-corrected chi connectivity index (χ2v) is 9.43. The SMILES string of the molecule is CCN(CC)c1ccc(C2C(C(=O)OCCOC)=C(C)N=C3CC(C)(C)CC(=O)C32)cc1. The zero-order chi connectivity index (χ0) is 23.5. The number of methoxy groups -OCH3 is 1. The number of hydrogen-bond donors (Lipinski definition) is 0. The van der Waals surface area contributed by atoms with E-state index < -0.39 is 11.9 Å². The number of aliphatic imine (C=N–C) groups is 1. The number of anilines is 1. The standard InChI is InChI=1S/C26H36N2O4/c1-7-28(8-2)19-11-9-18(10-12-19)23-22(25(30)32-14-13-31-6)17(3)27-20-15-26(4,5)16-21(29)24(20)23/h9-12,23-24H,7-8,13-16H2,1-6H3. The Morgan fingerprint density at radius 2 is 1.75 bits per heavy atom. The quantitative estimate of drug-likeness (QED) is 0.438. The molecule has 32 heavy (non-hydrogen) atoms. The highest BCUT2D eigenvalue weighted by molar-refractivity contribution is 6.12. The van der Waals surface area contributed by atoms with E-state index in [1.807, 2.05) is 19.1 Å². The summed E-state index contributed by atoms with van der Waals surface area (Å²) in [6.07, 6.45) is 1.23. The van der Waals surface area contributed by atoms with Crippen LogP contribution in [0.15, 0.2) is 40.5 Å². The molecule has 1 aliphatic heterocycles. The van der Waals surface area contributed by atoms with E-state index in [4.69, 9.17) is 14.5 Å². The predicted molar refractivity (Wildman–Crippen MR) is 127 cm³/mol. The Bertz CT molecular complexity index is 910. The molecule has 6 nitrogen and oxygen atoms in total. The number of hydrogen-bond acceptors (Lipinski definition) is 6. The molecule has 2 aliphatic rings. The van der Waals surface area contributed by atoms with Crippen molar-refractivity contribution in [2.24, 2.45) is 16.3 Å². The van der Waals surface area contributed by atoms with Gasteiger partial charge in [0.2, 0.25) is 0 Å². The van der Waals surface area contributed by atoms with Gasteiger partial charge in [0.25, 0.3) is 0 Å². The van der Waals surface area contributed by atoms with Crippen LogP contribution < -0.4 is 4.90 Å². The van der Waals surface area contributed by atoms with Crippen LogP contribution in [-0.4, -0.2) is 50.9 Å². The molecule has 0 amide bonds. The number of rotatable bonds is 8. The fourth-order valence-electron chi connectivity index (χ4n) is 5.00. The van der Waals surface area contributed by atoms with Gasteiger partial charge in [0, 0.05) is 49.6 Å². The number of Topliss-reactive ketones (excluding diaryl/α,β-unsaturated/α-hetero) is 1. The molecule has 1 aromatic rings. The van der Waals surface area contributed by atoms with Gasteiger partial charge in [-0.25, -0.2) is 4.79 Å². The minimum Gasteiger partial charge on any atom is -0.460 e. The summed E-state index contributed by atoms with van der Waals surface area (Å²) in [6, 6.07) is 8.25. The van der Waals surface area contributed by atoms with Crippen LogP contribution >= 0.6 is 0 Å². The number of carbonyl (C=O) groups is 2. The fourth-order valence-corrected chi connectivity index (χ4v) is 5.00. The third-order valence-electron chi connectivity index (χ3n) is 6.49. The summed E-state index contributed by atoms with van der Waals surface area (Å²) in [4.78, 5) is 33.5. The van der Waals surface area contributed by atoms with Crippen molar-refractivity contribution in [1.29, 1.82) is 0 Å². The molecule has 1 fully saturated rings. The number of ether oxygens (including phenoxy) is 2. The van der Waals surface area contributed by atoms with Crippen molar-refractivity contribution in [2.75, 3.05) is 38.3 Å². The van der Waals surface area contributed by atoms with Crippen molar-refractivity contribution in [3.05, 3.63) is 41.1 Å². The van der Waals surface area contributed by atoms with Crippen LogP contribution in [-0.2, 0) is 19.1 Å². The molecule has 1 saturated carbocycles. The lowest BCUT2D eigenvalue weighted by atomic mass is 9.63. The normalized spacial score (nSPS) is 22.3. The monoisotopic (exact) mass is 440 g/mol. The number of fused-ring (bicyclic) bond motifs is 1. The number of carbonyl (C=O) groups excluding carboxylic acids is 2. The molecule has 3 rings (SSSR count). The van der Waals surface area contributed by atoms with Crippen molar-refractivity contribution in [1.82, 2.24) is 0 Å². The maximum absolute atomic E-state index is 13.3. The maximum atomic E-state index is 13.3. The first-order valence-corrected chi connectivity index (χ1v) is 11.5. The molecular formula is C26H36N2O4. The Morgan fingerprint density at radius 3 is 2.34 bits per heavy atom. The Morgan fingerprint density at radius 1 is 1.09 bits per heavy atom. The number of benzene rings is 1. The lowest BCUT2D eigenvalue weighted by Crippen LogP contribution is -2.44. The van der Waals surface area contributed by atoms with E-state index in [1.54, 1.807) is 7.11 Å². The summed E-state index contributed by atoms with van der Waals surface area (Å²) < 4.78 is 10.5. The average Bonchev–Trinajstić information content (AvgIpc) is 2.73. The number of nitrogens with zero attached hydrogens (tertiary/aromatic N) is 2.